The van der Waals surface area contributed by atoms with Gasteiger partial charge < -0.3 is 14.6 Å². The van der Waals surface area contributed by atoms with Crippen molar-refractivity contribution in [3.63, 3.8) is 0 Å². The number of halogens is 1. The number of nitrogens with zero attached hydrogens (tertiary/aromatic N) is 2. The second-order valence-corrected chi connectivity index (χ2v) is 4.78. The fraction of sp³-hybridized carbons (Fsp3) is 0.500. The lowest BCUT2D eigenvalue weighted by Crippen LogP contribution is -2.40. The van der Waals surface area contributed by atoms with Crippen molar-refractivity contribution in [3.8, 4) is 0 Å². The van der Waals surface area contributed by atoms with Crippen LogP contribution in [0.25, 0.3) is 11.0 Å². The smallest absolute Gasteiger partial charge is 0.151 e. The lowest BCUT2D eigenvalue weighted by Gasteiger charge is -2.23. The minimum atomic E-state index is -0.256. The normalized spacial score (nSPS) is 20.0. The average Bonchev–Trinajstić information content (AvgIpc) is 2.79. The van der Waals surface area contributed by atoms with Crippen LogP contribution in [-0.2, 0) is 17.7 Å². The van der Waals surface area contributed by atoms with Crippen LogP contribution in [0.1, 0.15) is 12.7 Å². The molecule has 0 bridgehead atoms. The van der Waals surface area contributed by atoms with Gasteiger partial charge in [0.25, 0.3) is 0 Å². The maximum Gasteiger partial charge on any atom is 0.151 e. The number of aryl methyl sites for hydroxylation is 1. The number of hydrogen-bond donors (Lipinski definition) is 1. The quantitative estimate of drug-likeness (QED) is 0.916. The lowest BCUT2D eigenvalue weighted by molar-refractivity contribution is 0.0276. The van der Waals surface area contributed by atoms with Gasteiger partial charge in [-0.25, -0.2) is 9.37 Å². The van der Waals surface area contributed by atoms with E-state index in [9.17, 15) is 4.39 Å². The van der Waals surface area contributed by atoms with Gasteiger partial charge in [0.1, 0.15) is 11.3 Å². The SMILES string of the molecule is CCn1c(CC2CNCCO2)nc2c(F)cccc21. The van der Waals surface area contributed by atoms with Crippen LogP contribution in [0.4, 0.5) is 4.39 Å². The summed E-state index contributed by atoms with van der Waals surface area (Å²) in [5, 5.41) is 3.30. The molecule has 0 saturated carbocycles. The van der Waals surface area contributed by atoms with E-state index in [0.717, 1.165) is 44.0 Å². The van der Waals surface area contributed by atoms with Crippen molar-refractivity contribution in [2.45, 2.75) is 26.0 Å². The first-order chi connectivity index (χ1) is 9.29. The third kappa shape index (κ3) is 2.35. The van der Waals surface area contributed by atoms with Crippen molar-refractivity contribution in [1.29, 1.82) is 0 Å². The molecule has 2 aromatic rings. The van der Waals surface area contributed by atoms with Gasteiger partial charge >= 0.3 is 0 Å². The van der Waals surface area contributed by atoms with E-state index in [1.54, 1.807) is 6.07 Å². The molecule has 1 fully saturated rings. The monoisotopic (exact) mass is 263 g/mol. The van der Waals surface area contributed by atoms with Crippen molar-refractivity contribution in [3.05, 3.63) is 29.8 Å². The molecular formula is C14H18FN3O. The molecule has 1 aliphatic heterocycles. The van der Waals surface area contributed by atoms with Gasteiger partial charge in [-0.15, -0.1) is 0 Å². The number of rotatable bonds is 3. The van der Waals surface area contributed by atoms with Crippen LogP contribution < -0.4 is 5.32 Å². The predicted molar refractivity (Wildman–Crippen MR) is 71.7 cm³/mol. The van der Waals surface area contributed by atoms with E-state index in [0.29, 0.717) is 5.52 Å². The van der Waals surface area contributed by atoms with Gasteiger partial charge in [-0.05, 0) is 19.1 Å². The topological polar surface area (TPSA) is 39.1 Å². The molecule has 1 N–H and O–H groups in total. The second kappa shape index (κ2) is 5.27. The van der Waals surface area contributed by atoms with Gasteiger partial charge in [0, 0.05) is 26.1 Å². The standard InChI is InChI=1S/C14H18FN3O/c1-2-18-12-5-3-4-11(15)14(12)17-13(18)8-10-9-16-6-7-19-10/h3-5,10,16H,2,6-9H2,1H3. The second-order valence-electron chi connectivity index (χ2n) is 4.78. The zero-order valence-corrected chi connectivity index (χ0v) is 11.0. The van der Waals surface area contributed by atoms with Gasteiger partial charge in [0.15, 0.2) is 5.82 Å². The van der Waals surface area contributed by atoms with Gasteiger partial charge in [-0.3, -0.25) is 0 Å². The molecule has 1 atom stereocenters. The Hall–Kier alpha value is -1.46. The highest BCUT2D eigenvalue weighted by Gasteiger charge is 2.19. The van der Waals surface area contributed by atoms with Gasteiger partial charge in [-0.2, -0.15) is 0 Å². The summed E-state index contributed by atoms with van der Waals surface area (Å²) in [4.78, 5) is 4.46. The number of nitrogens with one attached hydrogen (secondary N) is 1. The van der Waals surface area contributed by atoms with E-state index >= 15 is 0 Å². The first-order valence-electron chi connectivity index (χ1n) is 6.75. The number of morpholine rings is 1. The zero-order valence-electron chi connectivity index (χ0n) is 11.0. The zero-order chi connectivity index (χ0) is 13.2. The maximum atomic E-state index is 13.8. The number of fused-ring (bicyclic) bond motifs is 1. The Bertz CT molecular complexity index is 575. The van der Waals surface area contributed by atoms with Gasteiger partial charge in [-0.1, -0.05) is 6.07 Å². The largest absolute Gasteiger partial charge is 0.375 e. The molecule has 19 heavy (non-hydrogen) atoms. The Labute approximate surface area is 111 Å². The maximum absolute atomic E-state index is 13.8. The van der Waals surface area contributed by atoms with E-state index in [1.165, 1.54) is 6.07 Å². The molecular weight excluding hydrogens is 245 g/mol. The van der Waals surface area contributed by atoms with Crippen molar-refractivity contribution < 1.29 is 9.13 Å². The molecule has 102 valence electrons. The number of imidazole rings is 1. The van der Waals surface area contributed by atoms with Crippen LogP contribution in [0, 0.1) is 5.82 Å². The van der Waals surface area contributed by atoms with E-state index in [2.05, 4.69) is 21.8 Å². The summed E-state index contributed by atoms with van der Waals surface area (Å²) in [5.41, 5.74) is 1.32. The number of ether oxygens (including phenoxy) is 1. The summed E-state index contributed by atoms with van der Waals surface area (Å²) in [6.07, 6.45) is 0.841. The van der Waals surface area contributed by atoms with Crippen LogP contribution in [0.2, 0.25) is 0 Å². The number of aromatic nitrogens is 2. The molecule has 0 amide bonds. The van der Waals surface area contributed by atoms with E-state index < -0.39 is 0 Å². The molecule has 0 spiro atoms. The minimum absolute atomic E-state index is 0.124. The lowest BCUT2D eigenvalue weighted by atomic mass is 10.2. The molecule has 1 aromatic carbocycles. The van der Waals surface area contributed by atoms with E-state index in [-0.39, 0.29) is 11.9 Å². The molecule has 5 heteroatoms. The molecule has 1 aliphatic rings. The fourth-order valence-electron chi connectivity index (χ4n) is 2.62. The predicted octanol–water partition coefficient (Wildman–Crippen LogP) is 1.73. The van der Waals surface area contributed by atoms with Gasteiger partial charge in [0.2, 0.25) is 0 Å². The Morgan fingerprint density at radius 2 is 2.42 bits per heavy atom. The molecule has 3 rings (SSSR count). The number of hydrogen-bond acceptors (Lipinski definition) is 3. The summed E-state index contributed by atoms with van der Waals surface area (Å²) in [7, 11) is 0. The van der Waals surface area contributed by atoms with Crippen molar-refractivity contribution in [2.24, 2.45) is 0 Å². The highest BCUT2D eigenvalue weighted by Crippen LogP contribution is 2.20. The van der Waals surface area contributed by atoms with Crippen LogP contribution in [0.15, 0.2) is 18.2 Å². The highest BCUT2D eigenvalue weighted by molar-refractivity contribution is 5.76. The third-order valence-electron chi connectivity index (χ3n) is 3.54. The summed E-state index contributed by atoms with van der Waals surface area (Å²) in [6.45, 7) is 5.29. The first kappa shape index (κ1) is 12.6. The van der Waals surface area contributed by atoms with Gasteiger partial charge in [0.05, 0.1) is 18.2 Å². The Balaban J connectivity index is 1.95. The molecule has 1 unspecified atom stereocenters. The van der Waals surface area contributed by atoms with Crippen molar-refractivity contribution in [1.82, 2.24) is 14.9 Å². The van der Waals surface area contributed by atoms with Crippen LogP contribution in [-0.4, -0.2) is 35.4 Å². The summed E-state index contributed by atoms with van der Waals surface area (Å²) in [5.74, 6) is 0.643. The summed E-state index contributed by atoms with van der Waals surface area (Å²) in [6, 6.07) is 5.10. The molecule has 2 heterocycles. The van der Waals surface area contributed by atoms with Crippen LogP contribution in [0.5, 0.6) is 0 Å². The Morgan fingerprint density at radius 1 is 1.53 bits per heavy atom. The fourth-order valence-corrected chi connectivity index (χ4v) is 2.62. The first-order valence-corrected chi connectivity index (χ1v) is 6.75. The van der Waals surface area contributed by atoms with E-state index in [1.807, 2.05) is 6.07 Å². The van der Waals surface area contributed by atoms with E-state index in [4.69, 9.17) is 4.74 Å². The highest BCUT2D eigenvalue weighted by atomic mass is 19.1. The Kier molecular flexibility index (Phi) is 3.48. The van der Waals surface area contributed by atoms with Crippen molar-refractivity contribution in [2.75, 3.05) is 19.7 Å². The Morgan fingerprint density at radius 3 is 3.16 bits per heavy atom. The molecule has 4 nitrogen and oxygen atoms in total. The number of para-hydroxylation sites is 1. The van der Waals surface area contributed by atoms with Crippen LogP contribution in [0.3, 0.4) is 0 Å². The van der Waals surface area contributed by atoms with Crippen molar-refractivity contribution >= 4 is 11.0 Å². The third-order valence-corrected chi connectivity index (χ3v) is 3.54. The molecule has 1 aromatic heterocycles. The molecule has 0 aliphatic carbocycles. The summed E-state index contributed by atoms with van der Waals surface area (Å²) >= 11 is 0. The minimum Gasteiger partial charge on any atom is -0.375 e. The summed E-state index contributed by atoms with van der Waals surface area (Å²) < 4.78 is 21.5. The molecule has 1 saturated heterocycles. The number of benzene rings is 1. The average molecular weight is 263 g/mol. The molecule has 0 radical (unpaired) electrons. The van der Waals surface area contributed by atoms with Crippen LogP contribution >= 0.6 is 0 Å².